The van der Waals surface area contributed by atoms with Gasteiger partial charge in [0.25, 0.3) is 5.91 Å². The molecule has 6 nitrogen and oxygen atoms in total. The van der Waals surface area contributed by atoms with Crippen molar-refractivity contribution in [2.45, 2.75) is 45.1 Å². The number of amides is 1. The zero-order valence-electron chi connectivity index (χ0n) is 15.2. The fourth-order valence-electron chi connectivity index (χ4n) is 2.99. The summed E-state index contributed by atoms with van der Waals surface area (Å²) in [5.41, 5.74) is 0.281. The summed E-state index contributed by atoms with van der Waals surface area (Å²) in [5.74, 6) is 0.649. The van der Waals surface area contributed by atoms with Gasteiger partial charge in [0.1, 0.15) is 11.5 Å². The molecule has 1 amide bonds. The molecule has 1 aliphatic carbocycles. The smallest absolute Gasteiger partial charge is 0.339 e. The molecular formula is C19H27NO5. The molecule has 1 atom stereocenters. The van der Waals surface area contributed by atoms with Crippen LogP contribution < -0.4 is 14.8 Å². The molecule has 0 bridgehead atoms. The SMILES string of the molecule is COc1cc(OC)cc(C(=O)O[C@@H](C)C(=O)NCC2CCCCC2)c1. The summed E-state index contributed by atoms with van der Waals surface area (Å²) >= 11 is 0. The number of nitrogens with one attached hydrogen (secondary N) is 1. The number of rotatable bonds is 7. The van der Waals surface area contributed by atoms with Crippen molar-refractivity contribution in [3.8, 4) is 11.5 Å². The minimum absolute atomic E-state index is 0.270. The molecule has 0 unspecified atom stereocenters. The van der Waals surface area contributed by atoms with Crippen molar-refractivity contribution < 1.29 is 23.8 Å². The Morgan fingerprint density at radius 2 is 1.68 bits per heavy atom. The van der Waals surface area contributed by atoms with E-state index in [1.165, 1.54) is 33.5 Å². The third kappa shape index (κ3) is 5.66. The lowest BCUT2D eigenvalue weighted by Crippen LogP contribution is -2.38. The predicted molar refractivity (Wildman–Crippen MR) is 94.0 cm³/mol. The molecule has 1 aromatic rings. The highest BCUT2D eigenvalue weighted by molar-refractivity contribution is 5.93. The second-order valence-electron chi connectivity index (χ2n) is 6.40. The third-order valence-electron chi connectivity index (χ3n) is 4.53. The average molecular weight is 349 g/mol. The van der Waals surface area contributed by atoms with E-state index in [-0.39, 0.29) is 11.5 Å². The quantitative estimate of drug-likeness (QED) is 0.766. The molecule has 1 N–H and O–H groups in total. The summed E-state index contributed by atoms with van der Waals surface area (Å²) in [7, 11) is 3.01. The van der Waals surface area contributed by atoms with Gasteiger partial charge in [-0.2, -0.15) is 0 Å². The number of carbonyl (C=O) groups excluding carboxylic acids is 2. The zero-order valence-corrected chi connectivity index (χ0v) is 15.2. The maximum Gasteiger partial charge on any atom is 0.339 e. The lowest BCUT2D eigenvalue weighted by Gasteiger charge is -2.22. The fourth-order valence-corrected chi connectivity index (χ4v) is 2.99. The van der Waals surface area contributed by atoms with Crippen LogP contribution >= 0.6 is 0 Å². The van der Waals surface area contributed by atoms with Crippen LogP contribution in [0, 0.1) is 5.92 Å². The van der Waals surface area contributed by atoms with Crippen LogP contribution in [-0.2, 0) is 9.53 Å². The van der Waals surface area contributed by atoms with E-state index in [0.29, 0.717) is 24.0 Å². The van der Waals surface area contributed by atoms with Crippen molar-refractivity contribution >= 4 is 11.9 Å². The molecule has 1 aliphatic rings. The van der Waals surface area contributed by atoms with Gasteiger partial charge < -0.3 is 19.5 Å². The minimum Gasteiger partial charge on any atom is -0.497 e. The first-order valence-electron chi connectivity index (χ1n) is 8.75. The number of esters is 1. The minimum atomic E-state index is -0.853. The summed E-state index contributed by atoms with van der Waals surface area (Å²) in [6, 6.07) is 4.77. The van der Waals surface area contributed by atoms with Crippen molar-refractivity contribution in [1.82, 2.24) is 5.32 Å². The van der Waals surface area contributed by atoms with Gasteiger partial charge in [-0.25, -0.2) is 4.79 Å². The van der Waals surface area contributed by atoms with E-state index in [0.717, 1.165) is 12.8 Å². The van der Waals surface area contributed by atoms with E-state index in [2.05, 4.69) is 5.32 Å². The highest BCUT2D eigenvalue weighted by atomic mass is 16.5. The molecular weight excluding hydrogens is 322 g/mol. The Morgan fingerprint density at radius 3 is 2.24 bits per heavy atom. The van der Waals surface area contributed by atoms with Gasteiger partial charge in [0, 0.05) is 12.6 Å². The Morgan fingerprint density at radius 1 is 1.08 bits per heavy atom. The first kappa shape index (κ1) is 19.1. The van der Waals surface area contributed by atoms with Crippen LogP contribution in [0.3, 0.4) is 0 Å². The van der Waals surface area contributed by atoms with E-state index in [9.17, 15) is 9.59 Å². The Hall–Kier alpha value is -2.24. The van der Waals surface area contributed by atoms with Gasteiger partial charge in [-0.3, -0.25) is 4.79 Å². The van der Waals surface area contributed by atoms with Crippen LogP contribution in [0.4, 0.5) is 0 Å². The van der Waals surface area contributed by atoms with Crippen LogP contribution in [0.1, 0.15) is 49.4 Å². The van der Waals surface area contributed by atoms with E-state index < -0.39 is 12.1 Å². The lowest BCUT2D eigenvalue weighted by atomic mass is 9.89. The standard InChI is InChI=1S/C19H27NO5/c1-13(18(21)20-12-14-7-5-4-6-8-14)25-19(22)15-9-16(23-2)11-17(10-15)24-3/h9-11,13-14H,4-8,12H2,1-3H3,(H,20,21)/t13-/m0/s1. The van der Waals surface area contributed by atoms with Gasteiger partial charge in [-0.05, 0) is 37.8 Å². The van der Waals surface area contributed by atoms with Crippen molar-refractivity contribution in [1.29, 1.82) is 0 Å². The summed E-state index contributed by atoms with van der Waals surface area (Å²) in [6.45, 7) is 2.22. The topological polar surface area (TPSA) is 73.9 Å². The molecule has 6 heteroatoms. The molecule has 0 aliphatic heterocycles. The molecule has 0 saturated heterocycles. The monoisotopic (exact) mass is 349 g/mol. The van der Waals surface area contributed by atoms with Crippen molar-refractivity contribution in [3.63, 3.8) is 0 Å². The Kier molecular flexibility index (Phi) is 7.10. The first-order chi connectivity index (χ1) is 12.0. The molecule has 0 spiro atoms. The van der Waals surface area contributed by atoms with Gasteiger partial charge in [0.15, 0.2) is 6.10 Å². The molecule has 2 rings (SSSR count). The van der Waals surface area contributed by atoms with E-state index >= 15 is 0 Å². The van der Waals surface area contributed by atoms with E-state index in [4.69, 9.17) is 14.2 Å². The van der Waals surface area contributed by atoms with Gasteiger partial charge in [0.2, 0.25) is 0 Å². The third-order valence-corrected chi connectivity index (χ3v) is 4.53. The highest BCUT2D eigenvalue weighted by Gasteiger charge is 2.21. The molecule has 1 aromatic carbocycles. The summed E-state index contributed by atoms with van der Waals surface area (Å²) in [5, 5.41) is 2.89. The van der Waals surface area contributed by atoms with Gasteiger partial charge in [0.05, 0.1) is 19.8 Å². The second-order valence-corrected chi connectivity index (χ2v) is 6.40. The maximum absolute atomic E-state index is 12.3. The molecule has 25 heavy (non-hydrogen) atoms. The normalized spacial score (nSPS) is 16.0. The number of ether oxygens (including phenoxy) is 3. The van der Waals surface area contributed by atoms with Crippen LogP contribution in [0.5, 0.6) is 11.5 Å². The summed E-state index contributed by atoms with van der Waals surface area (Å²) in [4.78, 5) is 24.4. The van der Waals surface area contributed by atoms with Crippen molar-refractivity contribution in [2.75, 3.05) is 20.8 Å². The van der Waals surface area contributed by atoms with Crippen LogP contribution in [0.25, 0.3) is 0 Å². The first-order valence-corrected chi connectivity index (χ1v) is 8.75. The zero-order chi connectivity index (χ0) is 18.2. The van der Waals surface area contributed by atoms with Gasteiger partial charge >= 0.3 is 5.97 Å². The highest BCUT2D eigenvalue weighted by Crippen LogP contribution is 2.24. The number of hydrogen-bond acceptors (Lipinski definition) is 5. The molecule has 138 valence electrons. The van der Waals surface area contributed by atoms with Gasteiger partial charge in [-0.1, -0.05) is 19.3 Å². The largest absolute Gasteiger partial charge is 0.497 e. The van der Waals surface area contributed by atoms with E-state index in [1.54, 1.807) is 25.1 Å². The molecule has 0 radical (unpaired) electrons. The Balaban J connectivity index is 1.89. The Bertz CT molecular complexity index is 573. The summed E-state index contributed by atoms with van der Waals surface area (Å²) < 4.78 is 15.6. The number of methoxy groups -OCH3 is 2. The summed E-state index contributed by atoms with van der Waals surface area (Å²) in [6.07, 6.45) is 5.18. The number of hydrogen-bond donors (Lipinski definition) is 1. The molecule has 0 aromatic heterocycles. The molecule has 1 fully saturated rings. The van der Waals surface area contributed by atoms with Crippen LogP contribution in [0.2, 0.25) is 0 Å². The molecule has 0 heterocycles. The fraction of sp³-hybridized carbons (Fsp3) is 0.579. The Labute approximate surface area is 148 Å². The van der Waals surface area contributed by atoms with Crippen LogP contribution in [0.15, 0.2) is 18.2 Å². The predicted octanol–water partition coefficient (Wildman–Crippen LogP) is 2.95. The molecule has 1 saturated carbocycles. The van der Waals surface area contributed by atoms with Crippen molar-refractivity contribution in [3.05, 3.63) is 23.8 Å². The average Bonchev–Trinajstić information content (AvgIpc) is 2.66. The second kappa shape index (κ2) is 9.30. The van der Waals surface area contributed by atoms with Crippen molar-refractivity contribution in [2.24, 2.45) is 5.92 Å². The van der Waals surface area contributed by atoms with Gasteiger partial charge in [-0.15, -0.1) is 0 Å². The van der Waals surface area contributed by atoms with Crippen LogP contribution in [-0.4, -0.2) is 38.7 Å². The number of carbonyl (C=O) groups is 2. The lowest BCUT2D eigenvalue weighted by molar-refractivity contribution is -0.129. The number of benzene rings is 1. The maximum atomic E-state index is 12.3. The van der Waals surface area contributed by atoms with E-state index in [1.807, 2.05) is 0 Å².